The van der Waals surface area contributed by atoms with Crippen LogP contribution >= 0.6 is 0 Å². The van der Waals surface area contributed by atoms with Crippen molar-refractivity contribution in [2.75, 3.05) is 36.9 Å². The molecule has 0 spiro atoms. The summed E-state index contributed by atoms with van der Waals surface area (Å²) in [6.45, 7) is 4.59. The summed E-state index contributed by atoms with van der Waals surface area (Å²) in [5.41, 5.74) is 1.50. The lowest BCUT2D eigenvalue weighted by Crippen LogP contribution is -2.44. The molecule has 3 heterocycles. The van der Waals surface area contributed by atoms with Gasteiger partial charge in [-0.05, 0) is 50.5 Å². The van der Waals surface area contributed by atoms with Crippen LogP contribution in [0.25, 0.3) is 0 Å². The number of carbonyl (C=O) groups is 2. The van der Waals surface area contributed by atoms with Gasteiger partial charge in [-0.1, -0.05) is 0 Å². The van der Waals surface area contributed by atoms with Crippen molar-refractivity contribution in [3.63, 3.8) is 0 Å². The van der Waals surface area contributed by atoms with E-state index in [1.54, 1.807) is 38.1 Å². The maximum atomic E-state index is 13.5. The van der Waals surface area contributed by atoms with Gasteiger partial charge in [-0.2, -0.15) is 4.31 Å². The third-order valence-corrected chi connectivity index (χ3v) is 8.40. The fourth-order valence-electron chi connectivity index (χ4n) is 4.50. The molecule has 2 atom stereocenters. The zero-order valence-corrected chi connectivity index (χ0v) is 20.3. The van der Waals surface area contributed by atoms with E-state index in [-0.39, 0.29) is 23.3 Å². The number of anilines is 2. The number of amides is 2. The molecule has 2 aromatic rings. The minimum atomic E-state index is -3.88. The standard InChI is InChI=1S/C24H27N3O7S/c1-14-10-18-20(34-15(2)23(28)26-18)12-22(14)35(30,31)27-7-3-4-16(13-27)24(29)25-17-5-6-19-21(11-17)33-9-8-32-19/h5-6,10-12,15-16H,3-4,7-9,13H2,1-2H3,(H,25,29)(H,26,28)/t15-,16-/m1/s1. The van der Waals surface area contributed by atoms with Crippen molar-refractivity contribution in [2.24, 2.45) is 5.92 Å². The Kier molecular flexibility index (Phi) is 6.06. The summed E-state index contributed by atoms with van der Waals surface area (Å²) in [5.74, 6) is 0.477. The first-order valence-corrected chi connectivity index (χ1v) is 13.0. The van der Waals surface area contributed by atoms with Gasteiger partial charge in [-0.3, -0.25) is 9.59 Å². The van der Waals surface area contributed by atoms with Gasteiger partial charge >= 0.3 is 0 Å². The zero-order chi connectivity index (χ0) is 24.7. The van der Waals surface area contributed by atoms with E-state index in [2.05, 4.69) is 10.6 Å². The number of sulfonamides is 1. The molecule has 0 aromatic heterocycles. The van der Waals surface area contributed by atoms with Gasteiger partial charge in [0.05, 0.1) is 16.5 Å². The van der Waals surface area contributed by atoms with Crippen LogP contribution in [0.2, 0.25) is 0 Å². The predicted molar refractivity (Wildman–Crippen MR) is 127 cm³/mol. The van der Waals surface area contributed by atoms with Crippen LogP contribution in [0.4, 0.5) is 11.4 Å². The number of rotatable bonds is 4. The van der Waals surface area contributed by atoms with E-state index in [9.17, 15) is 18.0 Å². The summed E-state index contributed by atoms with van der Waals surface area (Å²) in [5, 5.41) is 5.61. The molecular formula is C24H27N3O7S. The molecule has 1 saturated heterocycles. The number of aryl methyl sites for hydroxylation is 1. The molecule has 0 bridgehead atoms. The summed E-state index contributed by atoms with van der Waals surface area (Å²) >= 11 is 0. The molecule has 0 unspecified atom stereocenters. The molecular weight excluding hydrogens is 474 g/mol. The Bertz CT molecular complexity index is 1290. The highest BCUT2D eigenvalue weighted by Crippen LogP contribution is 2.37. The first kappa shape index (κ1) is 23.4. The average molecular weight is 502 g/mol. The van der Waals surface area contributed by atoms with Crippen molar-refractivity contribution in [3.05, 3.63) is 35.9 Å². The number of piperidine rings is 1. The molecule has 11 heteroatoms. The molecule has 3 aliphatic heterocycles. The topological polar surface area (TPSA) is 123 Å². The number of hydrogen-bond acceptors (Lipinski definition) is 7. The lowest BCUT2D eigenvalue weighted by Gasteiger charge is -2.32. The van der Waals surface area contributed by atoms with Gasteiger partial charge in [-0.25, -0.2) is 8.42 Å². The maximum Gasteiger partial charge on any atom is 0.265 e. The molecule has 2 N–H and O–H groups in total. The number of nitrogens with one attached hydrogen (secondary N) is 2. The Labute approximate surface area is 203 Å². The van der Waals surface area contributed by atoms with Crippen molar-refractivity contribution in [1.82, 2.24) is 4.31 Å². The van der Waals surface area contributed by atoms with Crippen LogP contribution in [-0.2, 0) is 19.6 Å². The Morgan fingerprint density at radius 3 is 2.69 bits per heavy atom. The van der Waals surface area contributed by atoms with Crippen molar-refractivity contribution in [1.29, 1.82) is 0 Å². The van der Waals surface area contributed by atoms with E-state index in [0.29, 0.717) is 66.8 Å². The third kappa shape index (κ3) is 4.53. The lowest BCUT2D eigenvalue weighted by molar-refractivity contribution is -0.123. The van der Waals surface area contributed by atoms with E-state index in [4.69, 9.17) is 14.2 Å². The summed E-state index contributed by atoms with van der Waals surface area (Å²) in [4.78, 5) is 25.0. The highest BCUT2D eigenvalue weighted by molar-refractivity contribution is 7.89. The summed E-state index contributed by atoms with van der Waals surface area (Å²) in [7, 11) is -3.88. The van der Waals surface area contributed by atoms with Crippen LogP contribution in [0.5, 0.6) is 17.2 Å². The van der Waals surface area contributed by atoms with Gasteiger partial charge < -0.3 is 24.8 Å². The van der Waals surface area contributed by atoms with E-state index in [1.807, 2.05) is 0 Å². The number of ether oxygens (including phenoxy) is 3. The Morgan fingerprint density at radius 2 is 1.89 bits per heavy atom. The van der Waals surface area contributed by atoms with Crippen LogP contribution in [-0.4, -0.2) is 56.9 Å². The van der Waals surface area contributed by atoms with Crippen LogP contribution in [0.1, 0.15) is 25.3 Å². The zero-order valence-electron chi connectivity index (χ0n) is 19.5. The van der Waals surface area contributed by atoms with Gasteiger partial charge in [0, 0.05) is 30.9 Å². The highest BCUT2D eigenvalue weighted by Gasteiger charge is 2.35. The second-order valence-corrected chi connectivity index (χ2v) is 10.8. The molecule has 1 fully saturated rings. The molecule has 35 heavy (non-hydrogen) atoms. The average Bonchev–Trinajstić information content (AvgIpc) is 2.84. The normalized spacial score (nSPS) is 21.9. The molecule has 5 rings (SSSR count). The van der Waals surface area contributed by atoms with Crippen LogP contribution in [0.15, 0.2) is 35.2 Å². The largest absolute Gasteiger partial charge is 0.486 e. The number of carbonyl (C=O) groups excluding carboxylic acids is 2. The van der Waals surface area contributed by atoms with Crippen LogP contribution in [0, 0.1) is 12.8 Å². The van der Waals surface area contributed by atoms with Crippen molar-refractivity contribution >= 4 is 33.2 Å². The van der Waals surface area contributed by atoms with Gasteiger partial charge in [-0.15, -0.1) is 0 Å². The lowest BCUT2D eigenvalue weighted by atomic mass is 9.98. The summed E-state index contributed by atoms with van der Waals surface area (Å²) < 4.78 is 45.1. The first-order valence-electron chi connectivity index (χ1n) is 11.6. The van der Waals surface area contributed by atoms with Crippen molar-refractivity contribution in [3.8, 4) is 17.2 Å². The minimum Gasteiger partial charge on any atom is -0.486 e. The molecule has 0 radical (unpaired) electrons. The van der Waals surface area contributed by atoms with E-state index in [1.165, 1.54) is 10.4 Å². The number of hydrogen-bond donors (Lipinski definition) is 2. The predicted octanol–water partition coefficient (Wildman–Crippen LogP) is 2.53. The maximum absolute atomic E-state index is 13.5. The second kappa shape index (κ2) is 9.04. The SMILES string of the molecule is Cc1cc2c(cc1S(=O)(=O)N1CCC[C@@H](C(=O)Nc3ccc4c(c3)OCCO4)C1)O[C@H](C)C(=O)N2. The number of nitrogens with zero attached hydrogens (tertiary/aromatic N) is 1. The summed E-state index contributed by atoms with van der Waals surface area (Å²) in [6.07, 6.45) is 0.425. The van der Waals surface area contributed by atoms with E-state index >= 15 is 0 Å². The monoisotopic (exact) mass is 501 g/mol. The quantitative estimate of drug-likeness (QED) is 0.660. The molecule has 3 aliphatic rings. The van der Waals surface area contributed by atoms with E-state index in [0.717, 1.165) is 0 Å². The fraction of sp³-hybridized carbons (Fsp3) is 0.417. The molecule has 2 aromatic carbocycles. The van der Waals surface area contributed by atoms with Crippen molar-refractivity contribution < 1.29 is 32.2 Å². The third-order valence-electron chi connectivity index (χ3n) is 6.39. The molecule has 2 amide bonds. The Balaban J connectivity index is 1.32. The minimum absolute atomic E-state index is 0.0727. The smallest absolute Gasteiger partial charge is 0.265 e. The van der Waals surface area contributed by atoms with Gasteiger partial charge in [0.1, 0.15) is 19.0 Å². The van der Waals surface area contributed by atoms with Crippen LogP contribution in [0.3, 0.4) is 0 Å². The Morgan fingerprint density at radius 1 is 1.11 bits per heavy atom. The highest BCUT2D eigenvalue weighted by atomic mass is 32.2. The molecule has 10 nitrogen and oxygen atoms in total. The van der Waals surface area contributed by atoms with Gasteiger partial charge in [0.25, 0.3) is 5.91 Å². The van der Waals surface area contributed by atoms with Gasteiger partial charge in [0.15, 0.2) is 17.6 Å². The van der Waals surface area contributed by atoms with Gasteiger partial charge in [0.2, 0.25) is 15.9 Å². The second-order valence-electron chi connectivity index (χ2n) is 8.91. The molecule has 0 saturated carbocycles. The number of benzene rings is 2. The van der Waals surface area contributed by atoms with Crippen molar-refractivity contribution in [2.45, 2.75) is 37.7 Å². The first-order chi connectivity index (χ1) is 16.7. The van der Waals surface area contributed by atoms with Crippen LogP contribution < -0.4 is 24.8 Å². The summed E-state index contributed by atoms with van der Waals surface area (Å²) in [6, 6.07) is 8.24. The van der Waals surface area contributed by atoms with E-state index < -0.39 is 22.0 Å². The molecule has 186 valence electrons. The number of fused-ring (bicyclic) bond motifs is 2. The fourth-order valence-corrected chi connectivity index (χ4v) is 6.25. The Hall–Kier alpha value is -3.31. The molecule has 0 aliphatic carbocycles.